The molecule has 0 amide bonds. The van der Waals surface area contributed by atoms with Crippen LogP contribution < -0.4 is 4.90 Å². The number of carbonyl (C=O) groups is 1. The van der Waals surface area contributed by atoms with Gasteiger partial charge in [0.1, 0.15) is 6.04 Å². The van der Waals surface area contributed by atoms with Gasteiger partial charge in [0, 0.05) is 12.0 Å². The number of ketones is 1. The van der Waals surface area contributed by atoms with Crippen LogP contribution in [-0.2, 0) is 13.0 Å². The Kier molecular flexibility index (Phi) is 7.82. The van der Waals surface area contributed by atoms with E-state index in [0.717, 1.165) is 29.4 Å². The summed E-state index contributed by atoms with van der Waals surface area (Å²) in [5.74, 6) is 1.44. The molecule has 0 aliphatic rings. The number of hydrogen-bond donors (Lipinski definition) is 1. The summed E-state index contributed by atoms with van der Waals surface area (Å²) in [6.07, 6.45) is 1.95. The molecule has 1 aromatic heterocycles. The highest BCUT2D eigenvalue weighted by Gasteiger charge is 2.25. The van der Waals surface area contributed by atoms with Crippen LogP contribution in [0.15, 0.2) is 59.8 Å². The van der Waals surface area contributed by atoms with Crippen molar-refractivity contribution in [2.45, 2.75) is 44.4 Å². The van der Waals surface area contributed by atoms with Crippen molar-refractivity contribution < 1.29 is 9.69 Å². The second-order valence-corrected chi connectivity index (χ2v) is 8.66. The summed E-state index contributed by atoms with van der Waals surface area (Å²) in [5.41, 5.74) is 3.19. The Balaban J connectivity index is 1.82. The predicted octanol–water partition coefficient (Wildman–Crippen LogP) is 3.46. The number of rotatable bonds is 10. The van der Waals surface area contributed by atoms with Crippen molar-refractivity contribution in [1.29, 1.82) is 0 Å². The molecule has 2 aromatic carbocycles. The molecular weight excluding hydrogens is 392 g/mol. The summed E-state index contributed by atoms with van der Waals surface area (Å²) < 4.78 is 2.18. The maximum absolute atomic E-state index is 12.7. The molecule has 30 heavy (non-hydrogen) atoms. The molecule has 158 valence electrons. The van der Waals surface area contributed by atoms with E-state index in [4.69, 9.17) is 0 Å². The SMILES string of the molecule is CCc1ccc(C(=O)CSc2nnc([C@H](CC)[NH+](C)C)n2Cc2ccccc2)cc1. The molecule has 6 heteroatoms. The van der Waals surface area contributed by atoms with Crippen LogP contribution in [0.2, 0.25) is 0 Å². The lowest BCUT2D eigenvalue weighted by Crippen LogP contribution is -3.06. The molecule has 1 atom stereocenters. The van der Waals surface area contributed by atoms with Gasteiger partial charge in [-0.25, -0.2) is 0 Å². The first kappa shape index (κ1) is 22.2. The summed E-state index contributed by atoms with van der Waals surface area (Å²) in [5, 5.41) is 9.80. The van der Waals surface area contributed by atoms with Crippen LogP contribution >= 0.6 is 11.8 Å². The zero-order chi connectivity index (χ0) is 21.5. The predicted molar refractivity (Wildman–Crippen MR) is 122 cm³/mol. The van der Waals surface area contributed by atoms with Crippen LogP contribution in [-0.4, -0.2) is 40.4 Å². The average Bonchev–Trinajstić information content (AvgIpc) is 3.15. The Hall–Kier alpha value is -2.44. The lowest BCUT2D eigenvalue weighted by molar-refractivity contribution is -0.893. The topological polar surface area (TPSA) is 52.2 Å². The third-order valence-corrected chi connectivity index (χ3v) is 6.33. The van der Waals surface area contributed by atoms with E-state index in [2.05, 4.69) is 54.8 Å². The number of thioether (sulfide) groups is 1. The van der Waals surface area contributed by atoms with E-state index in [1.54, 1.807) is 0 Å². The van der Waals surface area contributed by atoms with Crippen LogP contribution in [0.3, 0.4) is 0 Å². The lowest BCUT2D eigenvalue weighted by Gasteiger charge is -2.20. The van der Waals surface area contributed by atoms with Crippen LogP contribution in [0.4, 0.5) is 0 Å². The second-order valence-electron chi connectivity index (χ2n) is 7.71. The van der Waals surface area contributed by atoms with Crippen LogP contribution in [0.1, 0.15) is 53.6 Å². The molecule has 3 aromatic rings. The van der Waals surface area contributed by atoms with Crippen LogP contribution in [0, 0.1) is 0 Å². The Morgan fingerprint density at radius 3 is 2.30 bits per heavy atom. The van der Waals surface area contributed by atoms with Crippen molar-refractivity contribution in [3.8, 4) is 0 Å². The van der Waals surface area contributed by atoms with Gasteiger partial charge in [-0.1, -0.05) is 80.2 Å². The fraction of sp³-hybridized carbons (Fsp3) is 0.375. The highest BCUT2D eigenvalue weighted by molar-refractivity contribution is 7.99. The van der Waals surface area contributed by atoms with E-state index in [1.165, 1.54) is 27.8 Å². The van der Waals surface area contributed by atoms with E-state index in [0.29, 0.717) is 12.3 Å². The van der Waals surface area contributed by atoms with Gasteiger partial charge in [0.25, 0.3) is 0 Å². The molecule has 0 fully saturated rings. The van der Waals surface area contributed by atoms with Crippen molar-refractivity contribution in [2.24, 2.45) is 0 Å². The van der Waals surface area contributed by atoms with Gasteiger partial charge in [0.15, 0.2) is 16.8 Å². The standard InChI is InChI=1S/C24H30N4OS/c1-5-18-12-14-20(15-13-18)22(29)17-30-24-26-25-23(21(6-2)27(3)4)28(24)16-19-10-8-7-9-11-19/h7-15,21H,5-6,16-17H2,1-4H3/p+1/t21-/m0/s1. The van der Waals surface area contributed by atoms with Crippen LogP contribution in [0.5, 0.6) is 0 Å². The Labute approximate surface area is 183 Å². The Morgan fingerprint density at radius 2 is 1.70 bits per heavy atom. The first-order valence-electron chi connectivity index (χ1n) is 10.6. The summed E-state index contributed by atoms with van der Waals surface area (Å²) in [6, 6.07) is 18.5. The highest BCUT2D eigenvalue weighted by Crippen LogP contribution is 2.23. The number of carbonyl (C=O) groups excluding carboxylic acids is 1. The largest absolute Gasteiger partial charge is 0.331 e. The zero-order valence-corrected chi connectivity index (χ0v) is 19.1. The number of nitrogens with one attached hydrogen (secondary N) is 1. The van der Waals surface area contributed by atoms with E-state index in [-0.39, 0.29) is 11.8 Å². The minimum Gasteiger partial charge on any atom is -0.331 e. The lowest BCUT2D eigenvalue weighted by atomic mass is 10.1. The molecule has 0 bridgehead atoms. The van der Waals surface area contributed by atoms with Gasteiger partial charge in [-0.2, -0.15) is 0 Å². The maximum Gasteiger partial charge on any atom is 0.192 e. The van der Waals surface area contributed by atoms with Gasteiger partial charge in [0.05, 0.1) is 26.4 Å². The van der Waals surface area contributed by atoms with Gasteiger partial charge < -0.3 is 4.90 Å². The average molecular weight is 424 g/mol. The zero-order valence-electron chi connectivity index (χ0n) is 18.3. The monoisotopic (exact) mass is 423 g/mol. The van der Waals surface area contributed by atoms with Crippen molar-refractivity contribution in [2.75, 3.05) is 19.8 Å². The van der Waals surface area contributed by atoms with E-state index in [1.807, 2.05) is 42.5 Å². The van der Waals surface area contributed by atoms with Gasteiger partial charge in [0.2, 0.25) is 0 Å². The molecule has 1 N–H and O–H groups in total. The molecule has 0 unspecified atom stereocenters. The molecular formula is C24H31N4OS+. The minimum atomic E-state index is 0.115. The minimum absolute atomic E-state index is 0.115. The van der Waals surface area contributed by atoms with Gasteiger partial charge in [-0.05, 0) is 17.5 Å². The fourth-order valence-corrected chi connectivity index (χ4v) is 4.41. The maximum atomic E-state index is 12.7. The van der Waals surface area contributed by atoms with Crippen molar-refractivity contribution in [3.63, 3.8) is 0 Å². The number of nitrogens with zero attached hydrogens (tertiary/aromatic N) is 3. The number of aromatic nitrogens is 3. The van der Waals surface area contributed by atoms with Crippen LogP contribution in [0.25, 0.3) is 0 Å². The second kappa shape index (κ2) is 10.5. The molecule has 0 radical (unpaired) electrons. The number of quaternary nitrogens is 1. The van der Waals surface area contributed by atoms with Crippen molar-refractivity contribution in [3.05, 3.63) is 77.1 Å². The summed E-state index contributed by atoms with van der Waals surface area (Å²) in [4.78, 5) is 14.0. The Morgan fingerprint density at radius 1 is 1.00 bits per heavy atom. The fourth-order valence-electron chi connectivity index (χ4n) is 3.57. The van der Waals surface area contributed by atoms with Crippen molar-refractivity contribution in [1.82, 2.24) is 14.8 Å². The third-order valence-electron chi connectivity index (χ3n) is 5.36. The number of aryl methyl sites for hydroxylation is 1. The number of hydrogen-bond acceptors (Lipinski definition) is 4. The molecule has 0 saturated heterocycles. The normalized spacial score (nSPS) is 12.3. The smallest absolute Gasteiger partial charge is 0.192 e. The molecule has 0 aliphatic carbocycles. The number of Topliss-reactive ketones (excluding diaryl/α,β-unsaturated/α-hetero) is 1. The highest BCUT2D eigenvalue weighted by atomic mass is 32.2. The van der Waals surface area contributed by atoms with Gasteiger partial charge in [-0.3, -0.25) is 9.36 Å². The van der Waals surface area contributed by atoms with E-state index in [9.17, 15) is 4.79 Å². The van der Waals surface area contributed by atoms with E-state index >= 15 is 0 Å². The molecule has 5 nitrogen and oxygen atoms in total. The third kappa shape index (κ3) is 5.37. The number of benzene rings is 2. The van der Waals surface area contributed by atoms with E-state index < -0.39 is 0 Å². The molecule has 0 spiro atoms. The summed E-state index contributed by atoms with van der Waals surface area (Å²) >= 11 is 1.47. The first-order valence-corrected chi connectivity index (χ1v) is 11.5. The summed E-state index contributed by atoms with van der Waals surface area (Å²) in [7, 11) is 4.29. The molecule has 0 aliphatic heterocycles. The molecule has 3 rings (SSSR count). The quantitative estimate of drug-likeness (QED) is 0.401. The Bertz CT molecular complexity index is 951. The molecule has 0 saturated carbocycles. The van der Waals surface area contributed by atoms with Gasteiger partial charge in [-0.15, -0.1) is 10.2 Å². The molecule has 1 heterocycles. The van der Waals surface area contributed by atoms with Crippen molar-refractivity contribution >= 4 is 17.5 Å². The first-order chi connectivity index (χ1) is 14.5. The summed E-state index contributed by atoms with van der Waals surface area (Å²) in [6.45, 7) is 4.99. The van der Waals surface area contributed by atoms with Gasteiger partial charge >= 0.3 is 0 Å².